The van der Waals surface area contributed by atoms with Gasteiger partial charge in [0.1, 0.15) is 5.75 Å². The van der Waals surface area contributed by atoms with Gasteiger partial charge in [0, 0.05) is 14.5 Å². The number of nitrogens with zero attached hydrogens (tertiary/aromatic N) is 1. The Morgan fingerprint density at radius 2 is 1.79 bits per heavy atom. The lowest BCUT2D eigenvalue weighted by molar-refractivity contribution is 0.0734. The molecule has 146 valence electrons. The largest absolute Gasteiger partial charge is 0.422 e. The molecule has 0 radical (unpaired) electrons. The molecule has 0 saturated carbocycles. The lowest BCUT2D eigenvalue weighted by Crippen LogP contribution is -2.18. The lowest BCUT2D eigenvalue weighted by atomic mass is 10.1. The lowest BCUT2D eigenvalue weighted by Gasteiger charge is -2.08. The van der Waals surface area contributed by atoms with Crippen molar-refractivity contribution in [2.24, 2.45) is 5.10 Å². The van der Waals surface area contributed by atoms with Crippen molar-refractivity contribution in [2.75, 3.05) is 0 Å². The van der Waals surface area contributed by atoms with Crippen molar-refractivity contribution in [1.29, 1.82) is 0 Å². The van der Waals surface area contributed by atoms with Crippen molar-refractivity contribution < 1.29 is 14.3 Å². The van der Waals surface area contributed by atoms with Crippen LogP contribution in [0.2, 0.25) is 0 Å². The second kappa shape index (κ2) is 9.62. The summed E-state index contributed by atoms with van der Waals surface area (Å²) in [5.41, 5.74) is 4.89. The third kappa shape index (κ3) is 5.62. The van der Waals surface area contributed by atoms with Gasteiger partial charge in [-0.05, 0) is 65.3 Å². The molecule has 3 rings (SSSR count). The first-order valence-electron chi connectivity index (χ1n) is 8.60. The summed E-state index contributed by atoms with van der Waals surface area (Å²) < 4.78 is 6.98. The number of amides is 1. The molecule has 0 aliphatic carbocycles. The van der Waals surface area contributed by atoms with Crippen molar-refractivity contribution >= 4 is 50.0 Å². The summed E-state index contributed by atoms with van der Waals surface area (Å²) in [6, 6.07) is 19.4. The van der Waals surface area contributed by atoms with Crippen molar-refractivity contribution in [1.82, 2.24) is 5.43 Å². The van der Waals surface area contributed by atoms with Crippen molar-refractivity contribution in [3.05, 3.63) is 97.9 Å². The second-order valence-electron chi connectivity index (χ2n) is 6.12. The first-order valence-corrected chi connectivity index (χ1v) is 10.2. The minimum absolute atomic E-state index is 0.332. The fourth-order valence-electron chi connectivity index (χ4n) is 2.51. The van der Waals surface area contributed by atoms with E-state index >= 15 is 0 Å². The fourth-order valence-corrected chi connectivity index (χ4v) is 3.35. The number of rotatable bonds is 5. The number of carbonyl (C=O) groups excluding carboxylic acids is 2. The molecule has 0 aromatic heterocycles. The normalized spacial score (nSPS) is 10.7. The highest BCUT2D eigenvalue weighted by atomic mass is 79.9. The van der Waals surface area contributed by atoms with Gasteiger partial charge in [-0.1, -0.05) is 45.8 Å². The third-order valence-corrected chi connectivity index (χ3v) is 5.10. The number of hydrazone groups is 1. The van der Waals surface area contributed by atoms with Gasteiger partial charge < -0.3 is 4.74 Å². The van der Waals surface area contributed by atoms with E-state index in [9.17, 15) is 9.59 Å². The van der Waals surface area contributed by atoms with Crippen LogP contribution in [0.15, 0.2) is 80.8 Å². The van der Waals surface area contributed by atoms with Gasteiger partial charge in [-0.15, -0.1) is 0 Å². The Hall–Kier alpha value is -2.77. The van der Waals surface area contributed by atoms with E-state index < -0.39 is 5.97 Å². The minimum atomic E-state index is -0.470. The molecule has 3 aromatic carbocycles. The SMILES string of the molecule is Cc1cccc(C(=O)Oc2ccc(Br)cc2/C=N/NC(=O)c2ccccc2Br)c1. The van der Waals surface area contributed by atoms with Crippen LogP contribution in [-0.4, -0.2) is 18.1 Å². The molecule has 1 N–H and O–H groups in total. The topological polar surface area (TPSA) is 67.8 Å². The van der Waals surface area contributed by atoms with Crippen LogP contribution in [0.1, 0.15) is 31.8 Å². The van der Waals surface area contributed by atoms with Crippen LogP contribution < -0.4 is 10.2 Å². The molecule has 5 nitrogen and oxygen atoms in total. The Morgan fingerprint density at radius 1 is 1.00 bits per heavy atom. The average Bonchev–Trinajstić information content (AvgIpc) is 2.70. The van der Waals surface area contributed by atoms with Crippen molar-refractivity contribution in [3.63, 3.8) is 0 Å². The monoisotopic (exact) mass is 514 g/mol. The second-order valence-corrected chi connectivity index (χ2v) is 7.89. The van der Waals surface area contributed by atoms with Gasteiger partial charge >= 0.3 is 5.97 Å². The molecule has 3 aromatic rings. The molecular weight excluding hydrogens is 500 g/mol. The van der Waals surface area contributed by atoms with Crippen molar-refractivity contribution in [3.8, 4) is 5.75 Å². The maximum Gasteiger partial charge on any atom is 0.343 e. The minimum Gasteiger partial charge on any atom is -0.422 e. The van der Waals surface area contributed by atoms with E-state index in [2.05, 4.69) is 42.4 Å². The summed E-state index contributed by atoms with van der Waals surface area (Å²) in [7, 11) is 0. The first-order chi connectivity index (χ1) is 13.9. The smallest absolute Gasteiger partial charge is 0.343 e. The number of hydrogen-bond acceptors (Lipinski definition) is 4. The highest BCUT2D eigenvalue weighted by Gasteiger charge is 2.12. The average molecular weight is 516 g/mol. The van der Waals surface area contributed by atoms with Crippen LogP contribution in [0.4, 0.5) is 0 Å². The molecule has 0 fully saturated rings. The summed E-state index contributed by atoms with van der Waals surface area (Å²) in [6.07, 6.45) is 1.43. The van der Waals surface area contributed by atoms with Crippen LogP contribution in [0, 0.1) is 6.92 Å². The zero-order chi connectivity index (χ0) is 20.8. The van der Waals surface area contributed by atoms with E-state index in [4.69, 9.17) is 4.74 Å². The maximum absolute atomic E-state index is 12.5. The molecular formula is C22H16Br2N2O3. The van der Waals surface area contributed by atoms with Gasteiger partial charge in [0.15, 0.2) is 0 Å². The van der Waals surface area contributed by atoms with Gasteiger partial charge in [-0.25, -0.2) is 10.2 Å². The maximum atomic E-state index is 12.5. The molecule has 29 heavy (non-hydrogen) atoms. The standard InChI is InChI=1S/C22H16Br2N2O3/c1-14-5-4-6-15(11-14)22(28)29-20-10-9-17(23)12-16(20)13-25-26-21(27)18-7-2-3-8-19(18)24/h2-13H,1H3,(H,26,27)/b25-13+. The molecule has 0 aliphatic rings. The van der Waals surface area contributed by atoms with E-state index in [1.165, 1.54) is 6.21 Å². The molecule has 0 bridgehead atoms. The number of aryl methyl sites for hydroxylation is 1. The van der Waals surface area contributed by atoms with Crippen LogP contribution in [0.25, 0.3) is 0 Å². The summed E-state index contributed by atoms with van der Waals surface area (Å²) in [5, 5.41) is 4.00. The van der Waals surface area contributed by atoms with E-state index in [1.54, 1.807) is 54.6 Å². The van der Waals surface area contributed by atoms with Gasteiger partial charge in [0.25, 0.3) is 5.91 Å². The van der Waals surface area contributed by atoms with Gasteiger partial charge in [-0.2, -0.15) is 5.10 Å². The number of benzene rings is 3. The predicted molar refractivity (Wildman–Crippen MR) is 119 cm³/mol. The third-order valence-electron chi connectivity index (χ3n) is 3.92. The predicted octanol–water partition coefficient (Wildman–Crippen LogP) is 5.50. The summed E-state index contributed by atoms with van der Waals surface area (Å²) in [4.78, 5) is 24.7. The molecule has 0 heterocycles. The van der Waals surface area contributed by atoms with Crippen LogP contribution in [0.3, 0.4) is 0 Å². The number of ether oxygens (including phenoxy) is 1. The van der Waals surface area contributed by atoms with Gasteiger partial charge in [0.05, 0.1) is 17.3 Å². The zero-order valence-electron chi connectivity index (χ0n) is 15.4. The highest BCUT2D eigenvalue weighted by molar-refractivity contribution is 9.10. The molecule has 0 saturated heterocycles. The number of hydrogen-bond donors (Lipinski definition) is 1. The Morgan fingerprint density at radius 3 is 2.55 bits per heavy atom. The summed E-state index contributed by atoms with van der Waals surface area (Å²) in [5.74, 6) is -0.497. The molecule has 0 spiro atoms. The van der Waals surface area contributed by atoms with E-state index in [0.29, 0.717) is 26.9 Å². The Labute approximate surface area is 185 Å². The number of nitrogens with one attached hydrogen (secondary N) is 1. The van der Waals surface area contributed by atoms with E-state index in [1.807, 2.05) is 19.1 Å². The first kappa shape index (κ1) is 21.0. The molecule has 7 heteroatoms. The van der Waals surface area contributed by atoms with Crippen LogP contribution in [-0.2, 0) is 0 Å². The summed E-state index contributed by atoms with van der Waals surface area (Å²) >= 11 is 6.72. The quantitative estimate of drug-likeness (QED) is 0.211. The Bertz CT molecular complexity index is 1100. The summed E-state index contributed by atoms with van der Waals surface area (Å²) in [6.45, 7) is 1.91. The number of halogens is 2. The van der Waals surface area contributed by atoms with Crippen LogP contribution in [0.5, 0.6) is 5.75 Å². The van der Waals surface area contributed by atoms with Crippen LogP contribution >= 0.6 is 31.9 Å². The van der Waals surface area contributed by atoms with E-state index in [-0.39, 0.29) is 5.91 Å². The Kier molecular flexibility index (Phi) is 6.95. The van der Waals surface area contributed by atoms with Gasteiger partial charge in [0.2, 0.25) is 0 Å². The number of esters is 1. The number of carbonyl (C=O) groups is 2. The van der Waals surface area contributed by atoms with Crippen molar-refractivity contribution in [2.45, 2.75) is 6.92 Å². The molecule has 0 unspecified atom stereocenters. The highest BCUT2D eigenvalue weighted by Crippen LogP contribution is 2.23. The Balaban J connectivity index is 1.76. The zero-order valence-corrected chi connectivity index (χ0v) is 18.5. The van der Waals surface area contributed by atoms with Gasteiger partial charge in [-0.3, -0.25) is 4.79 Å². The van der Waals surface area contributed by atoms with E-state index in [0.717, 1.165) is 10.0 Å². The molecule has 0 aliphatic heterocycles. The molecule has 1 amide bonds. The molecule has 0 atom stereocenters. The fraction of sp³-hybridized carbons (Fsp3) is 0.0455.